The van der Waals surface area contributed by atoms with E-state index in [-0.39, 0.29) is 0 Å². The second kappa shape index (κ2) is 19.0. The fourth-order valence-electron chi connectivity index (χ4n) is 3.14. The number of rotatable bonds is 18. The molecule has 0 saturated heterocycles. The Morgan fingerprint density at radius 3 is 1.00 bits per heavy atom. The van der Waals surface area contributed by atoms with E-state index in [4.69, 9.17) is 0 Å². The summed E-state index contributed by atoms with van der Waals surface area (Å²) in [6.45, 7) is 7.21. The van der Waals surface area contributed by atoms with Gasteiger partial charge in [-0.3, -0.25) is 0 Å². The van der Waals surface area contributed by atoms with Crippen molar-refractivity contribution < 1.29 is 0 Å². The van der Waals surface area contributed by atoms with Crippen LogP contribution < -0.4 is 0 Å². The topological polar surface area (TPSA) is 3.24 Å². The third kappa shape index (κ3) is 18.0. The second-order valence-corrected chi connectivity index (χ2v) is 7.25. The fraction of sp³-hybridized carbons (Fsp3) is 1.00. The Morgan fingerprint density at radius 2 is 0.682 bits per heavy atom. The maximum Gasteiger partial charge on any atom is -0.00218 e. The van der Waals surface area contributed by atoms with Crippen LogP contribution >= 0.6 is 0 Å². The standard InChI is InChI=1S/C21H45N/c1-4-6-8-10-12-14-16-18-20-22(3)21-19-17-15-13-11-9-7-5-2/h4-21H2,1-3H3. The van der Waals surface area contributed by atoms with Crippen LogP contribution in [-0.4, -0.2) is 25.0 Å². The largest absolute Gasteiger partial charge is 0.306 e. The molecule has 0 bridgehead atoms. The molecule has 0 atom stereocenters. The Balaban J connectivity index is 3.11. The number of hydrogen-bond donors (Lipinski definition) is 0. The first-order chi connectivity index (χ1) is 10.8. The zero-order valence-corrected chi connectivity index (χ0v) is 16.2. The van der Waals surface area contributed by atoms with Crippen LogP contribution in [-0.2, 0) is 0 Å². The van der Waals surface area contributed by atoms with E-state index in [2.05, 4.69) is 25.8 Å². The molecule has 1 heteroatoms. The Kier molecular flexibility index (Phi) is 19.0. The van der Waals surface area contributed by atoms with Crippen LogP contribution in [0.5, 0.6) is 0 Å². The van der Waals surface area contributed by atoms with Gasteiger partial charge in [0, 0.05) is 0 Å². The van der Waals surface area contributed by atoms with Crippen molar-refractivity contribution in [3.8, 4) is 0 Å². The molecule has 0 amide bonds. The Bertz CT molecular complexity index is 170. The average Bonchev–Trinajstić information content (AvgIpc) is 2.52. The summed E-state index contributed by atoms with van der Waals surface area (Å²) in [6.07, 6.45) is 22.9. The summed E-state index contributed by atoms with van der Waals surface area (Å²) in [6, 6.07) is 0. The van der Waals surface area contributed by atoms with E-state index in [0.717, 1.165) is 0 Å². The Morgan fingerprint density at radius 1 is 0.409 bits per heavy atom. The first-order valence-corrected chi connectivity index (χ1v) is 10.5. The molecule has 0 aromatic heterocycles. The first-order valence-electron chi connectivity index (χ1n) is 10.5. The monoisotopic (exact) mass is 311 g/mol. The summed E-state index contributed by atoms with van der Waals surface area (Å²) in [7, 11) is 2.31. The van der Waals surface area contributed by atoms with Crippen molar-refractivity contribution in [2.45, 2.75) is 117 Å². The third-order valence-electron chi connectivity index (χ3n) is 4.79. The van der Waals surface area contributed by atoms with Crippen LogP contribution in [0.4, 0.5) is 0 Å². The Hall–Kier alpha value is -0.0400. The van der Waals surface area contributed by atoms with Crippen LogP contribution in [0.15, 0.2) is 0 Å². The van der Waals surface area contributed by atoms with E-state index < -0.39 is 0 Å². The molecule has 1 nitrogen and oxygen atoms in total. The highest BCUT2D eigenvalue weighted by molar-refractivity contribution is 4.54. The zero-order valence-electron chi connectivity index (χ0n) is 16.2. The van der Waals surface area contributed by atoms with Gasteiger partial charge in [-0.2, -0.15) is 0 Å². The predicted octanol–water partition coefficient (Wildman–Crippen LogP) is 7.20. The van der Waals surface area contributed by atoms with E-state index in [9.17, 15) is 0 Å². The molecule has 0 spiro atoms. The summed E-state index contributed by atoms with van der Waals surface area (Å²) in [5.74, 6) is 0. The molecular weight excluding hydrogens is 266 g/mol. The van der Waals surface area contributed by atoms with Gasteiger partial charge in [-0.1, -0.05) is 104 Å². The molecular formula is C21H45N. The molecule has 0 aliphatic heterocycles. The summed E-state index contributed by atoms with van der Waals surface area (Å²) < 4.78 is 0. The SMILES string of the molecule is CCCCCCCCCCN(C)CCCCCCCCCC. The summed E-state index contributed by atoms with van der Waals surface area (Å²) in [5.41, 5.74) is 0. The predicted molar refractivity (Wildman–Crippen MR) is 103 cm³/mol. The lowest BCUT2D eigenvalue weighted by atomic mass is 10.1. The van der Waals surface area contributed by atoms with Crippen molar-refractivity contribution in [3.05, 3.63) is 0 Å². The van der Waals surface area contributed by atoms with Gasteiger partial charge >= 0.3 is 0 Å². The Labute approximate surface area is 142 Å². The first kappa shape index (κ1) is 22.0. The molecule has 0 heterocycles. The van der Waals surface area contributed by atoms with Crippen molar-refractivity contribution in [3.63, 3.8) is 0 Å². The van der Waals surface area contributed by atoms with Gasteiger partial charge in [0.1, 0.15) is 0 Å². The average molecular weight is 312 g/mol. The minimum atomic E-state index is 1.31. The molecule has 0 rings (SSSR count). The molecule has 0 aromatic carbocycles. The van der Waals surface area contributed by atoms with Crippen molar-refractivity contribution in [2.24, 2.45) is 0 Å². The van der Waals surface area contributed by atoms with Crippen LogP contribution in [0.3, 0.4) is 0 Å². The van der Waals surface area contributed by atoms with Crippen molar-refractivity contribution in [1.29, 1.82) is 0 Å². The van der Waals surface area contributed by atoms with Gasteiger partial charge in [-0.15, -0.1) is 0 Å². The minimum Gasteiger partial charge on any atom is -0.306 e. The highest BCUT2D eigenvalue weighted by Crippen LogP contribution is 2.10. The molecule has 0 fully saturated rings. The van der Waals surface area contributed by atoms with E-state index >= 15 is 0 Å². The van der Waals surface area contributed by atoms with Crippen LogP contribution in [0.25, 0.3) is 0 Å². The number of nitrogens with zero attached hydrogens (tertiary/aromatic N) is 1. The quantitative estimate of drug-likeness (QED) is 0.242. The van der Waals surface area contributed by atoms with E-state index in [1.165, 1.54) is 116 Å². The van der Waals surface area contributed by atoms with Gasteiger partial charge in [-0.05, 0) is 33.0 Å². The van der Waals surface area contributed by atoms with Crippen molar-refractivity contribution in [2.75, 3.05) is 20.1 Å². The van der Waals surface area contributed by atoms with Gasteiger partial charge in [0.25, 0.3) is 0 Å². The summed E-state index contributed by atoms with van der Waals surface area (Å²) in [4.78, 5) is 2.55. The maximum absolute atomic E-state index is 2.55. The summed E-state index contributed by atoms with van der Waals surface area (Å²) in [5, 5.41) is 0. The van der Waals surface area contributed by atoms with Gasteiger partial charge < -0.3 is 4.90 Å². The zero-order chi connectivity index (χ0) is 16.3. The molecule has 0 unspecified atom stereocenters. The van der Waals surface area contributed by atoms with Crippen LogP contribution in [0.1, 0.15) is 117 Å². The maximum atomic E-state index is 2.55. The number of unbranched alkanes of at least 4 members (excludes halogenated alkanes) is 14. The van der Waals surface area contributed by atoms with Gasteiger partial charge in [0.05, 0.1) is 0 Å². The molecule has 0 aliphatic rings. The van der Waals surface area contributed by atoms with Crippen LogP contribution in [0, 0.1) is 0 Å². The summed E-state index contributed by atoms with van der Waals surface area (Å²) >= 11 is 0. The van der Waals surface area contributed by atoms with Crippen LogP contribution in [0.2, 0.25) is 0 Å². The lowest BCUT2D eigenvalue weighted by molar-refractivity contribution is 0.314. The van der Waals surface area contributed by atoms with E-state index in [0.29, 0.717) is 0 Å². The van der Waals surface area contributed by atoms with Gasteiger partial charge in [0.15, 0.2) is 0 Å². The molecule has 0 radical (unpaired) electrons. The molecule has 22 heavy (non-hydrogen) atoms. The van der Waals surface area contributed by atoms with Gasteiger partial charge in [0.2, 0.25) is 0 Å². The van der Waals surface area contributed by atoms with Crippen molar-refractivity contribution in [1.82, 2.24) is 4.90 Å². The minimum absolute atomic E-state index is 1.31. The van der Waals surface area contributed by atoms with E-state index in [1.54, 1.807) is 0 Å². The van der Waals surface area contributed by atoms with Gasteiger partial charge in [-0.25, -0.2) is 0 Å². The third-order valence-corrected chi connectivity index (χ3v) is 4.79. The van der Waals surface area contributed by atoms with Crippen molar-refractivity contribution >= 4 is 0 Å². The molecule has 0 saturated carbocycles. The molecule has 0 N–H and O–H groups in total. The molecule has 0 aliphatic carbocycles. The molecule has 0 aromatic rings. The fourth-order valence-corrected chi connectivity index (χ4v) is 3.14. The molecule has 134 valence electrons. The lowest BCUT2D eigenvalue weighted by Gasteiger charge is -2.16. The second-order valence-electron chi connectivity index (χ2n) is 7.25. The highest BCUT2D eigenvalue weighted by atomic mass is 15.1. The lowest BCUT2D eigenvalue weighted by Crippen LogP contribution is -2.20. The smallest absolute Gasteiger partial charge is 0.00218 e. The normalized spacial score (nSPS) is 11.5. The number of hydrogen-bond acceptors (Lipinski definition) is 1. The highest BCUT2D eigenvalue weighted by Gasteiger charge is 1.99. The van der Waals surface area contributed by atoms with E-state index in [1.807, 2.05) is 0 Å².